The molecule has 0 radical (unpaired) electrons. The first-order chi connectivity index (χ1) is 12.2. The zero-order valence-corrected chi connectivity index (χ0v) is 13.5. The Kier molecular flexibility index (Phi) is 2.74. The Morgan fingerprint density at radius 3 is 2.12 bits per heavy atom. The summed E-state index contributed by atoms with van der Waals surface area (Å²) in [5, 5.41) is 0. The van der Waals surface area contributed by atoms with Crippen LogP contribution in [0.4, 0.5) is 0 Å². The Hall–Kier alpha value is -3.27. The largest absolute Gasteiger partial charge is 0.497 e. The minimum atomic E-state index is -1.02. The van der Waals surface area contributed by atoms with Gasteiger partial charge in [0, 0.05) is 16.7 Å². The van der Waals surface area contributed by atoms with Gasteiger partial charge >= 0.3 is 5.97 Å². The van der Waals surface area contributed by atoms with Gasteiger partial charge in [-0.2, -0.15) is 0 Å². The molecule has 3 aromatic rings. The maximum absolute atomic E-state index is 12.7. The number of rotatable bonds is 1. The van der Waals surface area contributed by atoms with E-state index in [1.54, 1.807) is 19.2 Å². The van der Waals surface area contributed by atoms with Crippen LogP contribution in [0.1, 0.15) is 27.0 Å². The predicted molar refractivity (Wildman–Crippen MR) is 91.2 cm³/mol. The number of hydrogen-bond acceptors (Lipinski definition) is 4. The molecule has 25 heavy (non-hydrogen) atoms. The highest BCUT2D eigenvalue weighted by Crippen LogP contribution is 2.56. The van der Waals surface area contributed by atoms with Gasteiger partial charge in [-0.25, -0.2) is 4.79 Å². The van der Waals surface area contributed by atoms with E-state index in [0.717, 1.165) is 16.7 Å². The second-order valence-corrected chi connectivity index (χ2v) is 6.08. The summed E-state index contributed by atoms with van der Waals surface area (Å²) in [7, 11) is 1.61. The van der Waals surface area contributed by atoms with Gasteiger partial charge in [0.25, 0.3) is 0 Å². The Morgan fingerprint density at radius 2 is 1.48 bits per heavy atom. The van der Waals surface area contributed by atoms with Crippen LogP contribution in [0.2, 0.25) is 0 Å². The number of para-hydroxylation sites is 2. The summed E-state index contributed by atoms with van der Waals surface area (Å²) in [6.07, 6.45) is 0. The number of esters is 1. The molecule has 0 N–H and O–H groups in total. The van der Waals surface area contributed by atoms with Gasteiger partial charge in [-0.1, -0.05) is 36.4 Å². The minimum absolute atomic E-state index is 0.343. The highest BCUT2D eigenvalue weighted by atomic mass is 16.6. The Morgan fingerprint density at radius 1 is 0.840 bits per heavy atom. The van der Waals surface area contributed by atoms with E-state index in [9.17, 15) is 4.79 Å². The van der Waals surface area contributed by atoms with Gasteiger partial charge in [-0.15, -0.1) is 0 Å². The molecule has 3 aromatic carbocycles. The monoisotopic (exact) mass is 330 g/mol. The fourth-order valence-electron chi connectivity index (χ4n) is 3.73. The van der Waals surface area contributed by atoms with Gasteiger partial charge in [0.15, 0.2) is 5.60 Å². The average molecular weight is 330 g/mol. The zero-order valence-electron chi connectivity index (χ0n) is 13.5. The van der Waals surface area contributed by atoms with Crippen molar-refractivity contribution in [1.29, 1.82) is 0 Å². The molecule has 0 unspecified atom stereocenters. The molecule has 4 heteroatoms. The van der Waals surface area contributed by atoms with Crippen molar-refractivity contribution in [2.24, 2.45) is 0 Å². The molecule has 0 fully saturated rings. The molecule has 0 aliphatic carbocycles. The smallest absolute Gasteiger partial charge is 0.340 e. The van der Waals surface area contributed by atoms with Crippen molar-refractivity contribution in [3.63, 3.8) is 0 Å². The molecule has 2 heterocycles. The summed E-state index contributed by atoms with van der Waals surface area (Å²) >= 11 is 0. The van der Waals surface area contributed by atoms with Crippen LogP contribution in [0.3, 0.4) is 0 Å². The van der Waals surface area contributed by atoms with Crippen LogP contribution < -0.4 is 9.47 Å². The van der Waals surface area contributed by atoms with Crippen molar-refractivity contribution in [3.8, 4) is 17.2 Å². The van der Waals surface area contributed by atoms with Crippen molar-refractivity contribution < 1.29 is 19.0 Å². The Labute approximate surface area is 144 Å². The standard InChI is InChI=1S/C21H14O4/c1-23-13-10-11-14-17(12-13)21(25-20(14)22)15-6-2-4-8-18(15)24-19-9-5-3-7-16(19)21/h2-12H,1H3. The van der Waals surface area contributed by atoms with Crippen LogP contribution in [-0.2, 0) is 10.3 Å². The van der Waals surface area contributed by atoms with Gasteiger partial charge in [-0.05, 0) is 30.3 Å². The van der Waals surface area contributed by atoms with Crippen molar-refractivity contribution in [2.75, 3.05) is 7.11 Å². The number of carbonyl (C=O) groups is 1. The molecular formula is C21H14O4. The molecule has 1 spiro atoms. The average Bonchev–Trinajstić information content (AvgIpc) is 2.95. The third-order valence-corrected chi connectivity index (χ3v) is 4.82. The van der Waals surface area contributed by atoms with Crippen LogP contribution in [0.25, 0.3) is 0 Å². The van der Waals surface area contributed by atoms with Gasteiger partial charge < -0.3 is 14.2 Å². The van der Waals surface area contributed by atoms with Crippen LogP contribution in [0.5, 0.6) is 17.2 Å². The van der Waals surface area contributed by atoms with Crippen LogP contribution in [-0.4, -0.2) is 13.1 Å². The van der Waals surface area contributed by atoms with Gasteiger partial charge in [0.2, 0.25) is 0 Å². The van der Waals surface area contributed by atoms with E-state index >= 15 is 0 Å². The molecule has 122 valence electrons. The fourth-order valence-corrected chi connectivity index (χ4v) is 3.73. The molecule has 0 aromatic heterocycles. The molecule has 0 amide bonds. The lowest BCUT2D eigenvalue weighted by molar-refractivity contribution is 0.0224. The van der Waals surface area contributed by atoms with E-state index in [0.29, 0.717) is 22.8 Å². The molecule has 0 atom stereocenters. The summed E-state index contributed by atoms with van der Waals surface area (Å²) in [5.74, 6) is 1.70. The summed E-state index contributed by atoms with van der Waals surface area (Å²) in [5.41, 5.74) is 1.93. The Bertz CT molecular complexity index is 976. The van der Waals surface area contributed by atoms with E-state index in [2.05, 4.69) is 0 Å². The molecular weight excluding hydrogens is 316 g/mol. The lowest BCUT2D eigenvalue weighted by Crippen LogP contribution is -2.32. The molecule has 4 nitrogen and oxygen atoms in total. The van der Waals surface area contributed by atoms with Gasteiger partial charge in [-0.3, -0.25) is 0 Å². The van der Waals surface area contributed by atoms with E-state index < -0.39 is 5.60 Å². The van der Waals surface area contributed by atoms with E-state index in [1.165, 1.54) is 0 Å². The molecule has 2 aliphatic heterocycles. The lowest BCUT2D eigenvalue weighted by atomic mass is 9.77. The Balaban J connectivity index is 1.91. The molecule has 0 bridgehead atoms. The first-order valence-corrected chi connectivity index (χ1v) is 8.03. The van der Waals surface area contributed by atoms with Crippen LogP contribution in [0, 0.1) is 0 Å². The third-order valence-electron chi connectivity index (χ3n) is 4.82. The zero-order chi connectivity index (χ0) is 17.0. The van der Waals surface area contributed by atoms with Crippen LogP contribution >= 0.6 is 0 Å². The lowest BCUT2D eigenvalue weighted by Gasteiger charge is -2.36. The summed E-state index contributed by atoms with van der Waals surface area (Å²) < 4.78 is 17.5. The number of carbonyl (C=O) groups excluding carboxylic acids is 1. The van der Waals surface area contributed by atoms with Crippen molar-refractivity contribution >= 4 is 5.97 Å². The maximum Gasteiger partial charge on any atom is 0.340 e. The highest BCUT2D eigenvalue weighted by Gasteiger charge is 2.53. The number of ether oxygens (including phenoxy) is 3. The molecule has 2 aliphatic rings. The number of methoxy groups -OCH3 is 1. The minimum Gasteiger partial charge on any atom is -0.497 e. The van der Waals surface area contributed by atoms with Gasteiger partial charge in [0.05, 0.1) is 12.7 Å². The number of fused-ring (bicyclic) bond motifs is 6. The normalized spacial score (nSPS) is 15.6. The van der Waals surface area contributed by atoms with Gasteiger partial charge in [0.1, 0.15) is 17.2 Å². The molecule has 0 saturated carbocycles. The molecule has 0 saturated heterocycles. The highest BCUT2D eigenvalue weighted by molar-refractivity contribution is 5.97. The second-order valence-electron chi connectivity index (χ2n) is 6.08. The van der Waals surface area contributed by atoms with E-state index in [1.807, 2.05) is 54.6 Å². The summed E-state index contributed by atoms with van der Waals surface area (Å²) in [4.78, 5) is 12.7. The van der Waals surface area contributed by atoms with E-state index in [-0.39, 0.29) is 5.97 Å². The third kappa shape index (κ3) is 1.74. The van der Waals surface area contributed by atoms with Crippen LogP contribution in [0.15, 0.2) is 66.7 Å². The first-order valence-electron chi connectivity index (χ1n) is 8.03. The van der Waals surface area contributed by atoms with Crippen molar-refractivity contribution in [3.05, 3.63) is 89.0 Å². The summed E-state index contributed by atoms with van der Waals surface area (Å²) in [6.45, 7) is 0. The molecule has 5 rings (SSSR count). The first kappa shape index (κ1) is 14.1. The summed E-state index contributed by atoms with van der Waals surface area (Å²) in [6, 6.07) is 20.7. The second kappa shape index (κ2) is 4.86. The quantitative estimate of drug-likeness (QED) is 0.625. The number of benzene rings is 3. The van der Waals surface area contributed by atoms with Crippen molar-refractivity contribution in [2.45, 2.75) is 5.60 Å². The van der Waals surface area contributed by atoms with E-state index in [4.69, 9.17) is 14.2 Å². The maximum atomic E-state index is 12.7. The fraction of sp³-hybridized carbons (Fsp3) is 0.0952. The SMILES string of the molecule is COc1ccc2c(c1)C1(OC2=O)c2ccccc2Oc2ccccc21. The number of hydrogen-bond donors (Lipinski definition) is 0. The topological polar surface area (TPSA) is 44.8 Å². The van der Waals surface area contributed by atoms with Crippen molar-refractivity contribution in [1.82, 2.24) is 0 Å². The predicted octanol–water partition coefficient (Wildman–Crippen LogP) is 4.26.